The predicted octanol–water partition coefficient (Wildman–Crippen LogP) is 1.01. The Morgan fingerprint density at radius 3 is 2.36 bits per heavy atom. The van der Waals surface area contributed by atoms with Crippen LogP contribution in [-0.4, -0.2) is 48.7 Å². The number of likely N-dealkylation sites (tertiary alicyclic amines) is 1. The Kier molecular flexibility index (Phi) is 5.52. The zero-order valence-electron chi connectivity index (χ0n) is 12.6. The van der Waals surface area contributed by atoms with Crippen LogP contribution in [0.4, 0.5) is 0 Å². The third kappa shape index (κ3) is 4.58. The zero-order valence-corrected chi connectivity index (χ0v) is 12.6. The molecule has 2 amide bonds. The van der Waals surface area contributed by atoms with Crippen molar-refractivity contribution in [2.24, 2.45) is 0 Å². The summed E-state index contributed by atoms with van der Waals surface area (Å²) >= 11 is 0. The average molecular weight is 304 g/mol. The zero-order chi connectivity index (χ0) is 15.9. The summed E-state index contributed by atoms with van der Waals surface area (Å²) < 4.78 is 5.31. The van der Waals surface area contributed by atoms with Crippen LogP contribution >= 0.6 is 0 Å². The fourth-order valence-corrected chi connectivity index (χ4v) is 2.24. The van der Waals surface area contributed by atoms with E-state index in [9.17, 15) is 14.4 Å². The standard InChI is InChI=1S/C16H20N2O4/c1-12(19)13-4-6-14(7-5-13)22-11-15(20)17-10-16(21)18-8-2-3-9-18/h4-7H,2-3,8-11H2,1H3,(H,17,20). The van der Waals surface area contributed by atoms with Gasteiger partial charge in [-0.25, -0.2) is 0 Å². The molecular weight excluding hydrogens is 284 g/mol. The molecule has 2 rings (SSSR count). The number of hydrogen-bond acceptors (Lipinski definition) is 4. The molecule has 1 fully saturated rings. The largest absolute Gasteiger partial charge is 0.484 e. The molecule has 1 aliphatic heterocycles. The van der Waals surface area contributed by atoms with Crippen molar-refractivity contribution in [3.63, 3.8) is 0 Å². The van der Waals surface area contributed by atoms with Gasteiger partial charge in [0.25, 0.3) is 5.91 Å². The Labute approximate surface area is 129 Å². The van der Waals surface area contributed by atoms with Crippen LogP contribution in [0.2, 0.25) is 0 Å². The van der Waals surface area contributed by atoms with Crippen LogP contribution in [0, 0.1) is 0 Å². The second kappa shape index (κ2) is 7.59. The van der Waals surface area contributed by atoms with Crippen molar-refractivity contribution >= 4 is 17.6 Å². The molecule has 0 atom stereocenters. The molecule has 0 spiro atoms. The first-order valence-electron chi connectivity index (χ1n) is 7.34. The van der Waals surface area contributed by atoms with Gasteiger partial charge in [-0.05, 0) is 44.0 Å². The monoisotopic (exact) mass is 304 g/mol. The lowest BCUT2D eigenvalue weighted by Gasteiger charge is -2.15. The van der Waals surface area contributed by atoms with Gasteiger partial charge in [0.1, 0.15) is 5.75 Å². The van der Waals surface area contributed by atoms with E-state index in [4.69, 9.17) is 4.74 Å². The van der Waals surface area contributed by atoms with E-state index < -0.39 is 0 Å². The number of Topliss-reactive ketones (excluding diaryl/α,β-unsaturated/α-hetero) is 1. The molecule has 1 aromatic carbocycles. The van der Waals surface area contributed by atoms with Crippen molar-refractivity contribution < 1.29 is 19.1 Å². The summed E-state index contributed by atoms with van der Waals surface area (Å²) in [5, 5.41) is 2.55. The van der Waals surface area contributed by atoms with Crippen LogP contribution in [0.5, 0.6) is 5.75 Å². The van der Waals surface area contributed by atoms with Gasteiger partial charge in [-0.1, -0.05) is 0 Å². The van der Waals surface area contributed by atoms with Gasteiger partial charge >= 0.3 is 0 Å². The summed E-state index contributed by atoms with van der Waals surface area (Å²) in [5.41, 5.74) is 0.591. The highest BCUT2D eigenvalue weighted by atomic mass is 16.5. The molecule has 1 aromatic rings. The number of benzene rings is 1. The second-order valence-corrected chi connectivity index (χ2v) is 5.23. The Morgan fingerprint density at radius 1 is 1.14 bits per heavy atom. The minimum Gasteiger partial charge on any atom is -0.484 e. The lowest BCUT2D eigenvalue weighted by Crippen LogP contribution is -2.40. The molecule has 1 aliphatic rings. The topological polar surface area (TPSA) is 75.7 Å². The van der Waals surface area contributed by atoms with E-state index in [-0.39, 0.29) is 30.7 Å². The van der Waals surface area contributed by atoms with E-state index in [0.29, 0.717) is 11.3 Å². The third-order valence-electron chi connectivity index (χ3n) is 3.53. The molecule has 0 unspecified atom stereocenters. The Hall–Kier alpha value is -2.37. The summed E-state index contributed by atoms with van der Waals surface area (Å²) in [4.78, 5) is 36.3. The number of nitrogens with one attached hydrogen (secondary N) is 1. The number of rotatable bonds is 6. The van der Waals surface area contributed by atoms with Gasteiger partial charge in [0.05, 0.1) is 6.54 Å². The first-order chi connectivity index (χ1) is 10.6. The maximum Gasteiger partial charge on any atom is 0.258 e. The van der Waals surface area contributed by atoms with Crippen molar-refractivity contribution in [2.75, 3.05) is 26.2 Å². The maximum atomic E-state index is 11.8. The quantitative estimate of drug-likeness (QED) is 0.796. The Balaban J connectivity index is 1.70. The van der Waals surface area contributed by atoms with Crippen LogP contribution in [-0.2, 0) is 9.59 Å². The summed E-state index contributed by atoms with van der Waals surface area (Å²) in [6.45, 7) is 2.88. The van der Waals surface area contributed by atoms with Crippen LogP contribution in [0.3, 0.4) is 0 Å². The van der Waals surface area contributed by atoms with E-state index in [0.717, 1.165) is 25.9 Å². The summed E-state index contributed by atoms with van der Waals surface area (Å²) in [6.07, 6.45) is 2.05. The van der Waals surface area contributed by atoms with Gasteiger partial charge in [0.2, 0.25) is 5.91 Å². The van der Waals surface area contributed by atoms with Gasteiger partial charge in [0.15, 0.2) is 12.4 Å². The molecule has 22 heavy (non-hydrogen) atoms. The molecular formula is C16H20N2O4. The van der Waals surface area contributed by atoms with Crippen molar-refractivity contribution in [2.45, 2.75) is 19.8 Å². The normalized spacial score (nSPS) is 13.8. The summed E-state index contributed by atoms with van der Waals surface area (Å²) in [6, 6.07) is 6.57. The van der Waals surface area contributed by atoms with Crippen molar-refractivity contribution in [1.82, 2.24) is 10.2 Å². The molecule has 1 N–H and O–H groups in total. The molecule has 1 heterocycles. The highest BCUT2D eigenvalue weighted by molar-refractivity contribution is 5.94. The smallest absolute Gasteiger partial charge is 0.258 e. The molecule has 0 aromatic heterocycles. The molecule has 0 aliphatic carbocycles. The van der Waals surface area contributed by atoms with Gasteiger partial charge in [-0.3, -0.25) is 14.4 Å². The van der Waals surface area contributed by atoms with Gasteiger partial charge in [-0.2, -0.15) is 0 Å². The number of carbonyl (C=O) groups is 3. The van der Waals surface area contributed by atoms with Crippen molar-refractivity contribution in [3.8, 4) is 5.75 Å². The Bertz CT molecular complexity index is 548. The van der Waals surface area contributed by atoms with Crippen molar-refractivity contribution in [3.05, 3.63) is 29.8 Å². The SMILES string of the molecule is CC(=O)c1ccc(OCC(=O)NCC(=O)N2CCCC2)cc1. The lowest BCUT2D eigenvalue weighted by molar-refractivity contribution is -0.132. The number of hydrogen-bond donors (Lipinski definition) is 1. The molecule has 1 saturated heterocycles. The number of ether oxygens (including phenoxy) is 1. The number of carbonyl (C=O) groups excluding carboxylic acids is 3. The number of ketones is 1. The van der Waals surface area contributed by atoms with Gasteiger partial charge in [-0.15, -0.1) is 0 Å². The van der Waals surface area contributed by atoms with Crippen LogP contribution in [0.15, 0.2) is 24.3 Å². The highest BCUT2D eigenvalue weighted by Crippen LogP contribution is 2.12. The van der Waals surface area contributed by atoms with Crippen LogP contribution in [0.25, 0.3) is 0 Å². The maximum absolute atomic E-state index is 11.8. The van der Waals surface area contributed by atoms with Gasteiger partial charge in [0, 0.05) is 18.7 Å². The predicted molar refractivity (Wildman–Crippen MR) is 80.8 cm³/mol. The number of nitrogens with zero attached hydrogens (tertiary/aromatic N) is 1. The van der Waals surface area contributed by atoms with E-state index in [1.807, 2.05) is 0 Å². The van der Waals surface area contributed by atoms with Crippen LogP contribution in [0.1, 0.15) is 30.1 Å². The Morgan fingerprint density at radius 2 is 1.77 bits per heavy atom. The molecule has 0 saturated carbocycles. The molecule has 118 valence electrons. The molecule has 0 bridgehead atoms. The fraction of sp³-hybridized carbons (Fsp3) is 0.438. The van der Waals surface area contributed by atoms with E-state index in [1.54, 1.807) is 29.2 Å². The minimum absolute atomic E-state index is 0.00542. The van der Waals surface area contributed by atoms with Gasteiger partial charge < -0.3 is 15.0 Å². The van der Waals surface area contributed by atoms with E-state index in [1.165, 1.54) is 6.92 Å². The first kappa shape index (κ1) is 16.0. The molecule has 6 heteroatoms. The van der Waals surface area contributed by atoms with E-state index >= 15 is 0 Å². The lowest BCUT2D eigenvalue weighted by atomic mass is 10.1. The fourth-order valence-electron chi connectivity index (χ4n) is 2.24. The van der Waals surface area contributed by atoms with E-state index in [2.05, 4.69) is 5.32 Å². The summed E-state index contributed by atoms with van der Waals surface area (Å²) in [7, 11) is 0. The van der Waals surface area contributed by atoms with Crippen molar-refractivity contribution in [1.29, 1.82) is 0 Å². The minimum atomic E-state index is -0.344. The molecule has 0 radical (unpaired) electrons. The first-order valence-corrected chi connectivity index (χ1v) is 7.34. The third-order valence-corrected chi connectivity index (χ3v) is 3.53. The number of amides is 2. The van der Waals surface area contributed by atoms with Crippen LogP contribution < -0.4 is 10.1 Å². The average Bonchev–Trinajstić information content (AvgIpc) is 3.05. The highest BCUT2D eigenvalue weighted by Gasteiger charge is 2.18. The second-order valence-electron chi connectivity index (χ2n) is 5.23. The molecule has 6 nitrogen and oxygen atoms in total. The summed E-state index contributed by atoms with van der Waals surface area (Å²) in [5.74, 6) is 0.0793.